The van der Waals surface area contributed by atoms with Crippen molar-refractivity contribution in [2.75, 3.05) is 12.8 Å². The first-order valence-electron chi connectivity index (χ1n) is 8.25. The van der Waals surface area contributed by atoms with Gasteiger partial charge in [0.2, 0.25) is 11.8 Å². The van der Waals surface area contributed by atoms with Gasteiger partial charge in [0.25, 0.3) is 0 Å². The predicted molar refractivity (Wildman–Crippen MR) is 102 cm³/mol. The summed E-state index contributed by atoms with van der Waals surface area (Å²) < 4.78 is 0. The van der Waals surface area contributed by atoms with Gasteiger partial charge < -0.3 is 10.2 Å². The molecule has 2 rings (SSSR count). The molecular weight excluding hydrogens is 332 g/mol. The highest BCUT2D eigenvalue weighted by Gasteiger charge is 2.25. The molecule has 1 N–H and O–H groups in total. The summed E-state index contributed by atoms with van der Waals surface area (Å²) in [5, 5.41) is 2.63. The third-order valence-electron chi connectivity index (χ3n) is 3.99. The second-order valence-electron chi connectivity index (χ2n) is 5.90. The zero-order valence-corrected chi connectivity index (χ0v) is 15.7. The van der Waals surface area contributed by atoms with E-state index < -0.39 is 6.04 Å². The third-order valence-corrected chi connectivity index (χ3v) is 4.99. The van der Waals surface area contributed by atoms with Crippen molar-refractivity contribution in [3.8, 4) is 0 Å². The van der Waals surface area contributed by atoms with Crippen molar-refractivity contribution in [1.82, 2.24) is 10.2 Å². The number of carbonyl (C=O) groups excluding carboxylic acids is 2. The summed E-state index contributed by atoms with van der Waals surface area (Å²) in [4.78, 5) is 27.5. The molecule has 0 bridgehead atoms. The third kappa shape index (κ3) is 5.64. The molecular formula is C20H24N2O2S. The van der Waals surface area contributed by atoms with Gasteiger partial charge in [-0.25, -0.2) is 0 Å². The van der Waals surface area contributed by atoms with Gasteiger partial charge in [-0.3, -0.25) is 9.59 Å². The first-order chi connectivity index (χ1) is 12.0. The van der Waals surface area contributed by atoms with E-state index in [1.54, 1.807) is 18.9 Å². The van der Waals surface area contributed by atoms with Crippen LogP contribution >= 0.6 is 11.8 Å². The van der Waals surface area contributed by atoms with E-state index in [1.807, 2.05) is 61.5 Å². The minimum absolute atomic E-state index is 0.0504. The van der Waals surface area contributed by atoms with E-state index in [4.69, 9.17) is 0 Å². The molecule has 2 aromatic carbocycles. The van der Waals surface area contributed by atoms with Crippen molar-refractivity contribution in [3.63, 3.8) is 0 Å². The number of rotatable bonds is 7. The van der Waals surface area contributed by atoms with Crippen LogP contribution in [0.5, 0.6) is 0 Å². The first kappa shape index (κ1) is 19.1. The van der Waals surface area contributed by atoms with E-state index in [-0.39, 0.29) is 11.8 Å². The number of carbonyl (C=O) groups is 2. The molecule has 0 radical (unpaired) electrons. The Kier molecular flexibility index (Phi) is 7.07. The number of nitrogens with zero attached hydrogens (tertiary/aromatic N) is 1. The Morgan fingerprint density at radius 3 is 2.32 bits per heavy atom. The van der Waals surface area contributed by atoms with Crippen LogP contribution < -0.4 is 5.32 Å². The maximum Gasteiger partial charge on any atom is 0.242 e. The summed E-state index contributed by atoms with van der Waals surface area (Å²) in [6, 6.07) is 17.3. The van der Waals surface area contributed by atoms with Crippen molar-refractivity contribution in [2.24, 2.45) is 0 Å². The van der Waals surface area contributed by atoms with Gasteiger partial charge in [0.05, 0.1) is 5.75 Å². The molecule has 132 valence electrons. The molecule has 0 aliphatic carbocycles. The van der Waals surface area contributed by atoms with Crippen LogP contribution in [0, 0.1) is 6.92 Å². The van der Waals surface area contributed by atoms with E-state index in [9.17, 15) is 9.59 Å². The van der Waals surface area contributed by atoms with E-state index in [0.29, 0.717) is 12.3 Å². The highest BCUT2D eigenvalue weighted by molar-refractivity contribution is 8.00. The molecule has 0 saturated carbocycles. The Labute approximate surface area is 153 Å². The number of likely N-dealkylation sites (N-methyl/N-ethyl adjacent to an activating group) is 1. The lowest BCUT2D eigenvalue weighted by Crippen LogP contribution is -2.47. The first-order valence-corrected chi connectivity index (χ1v) is 9.24. The minimum Gasteiger partial charge on any atom is -0.357 e. The van der Waals surface area contributed by atoms with E-state index in [0.717, 1.165) is 10.5 Å². The van der Waals surface area contributed by atoms with Crippen molar-refractivity contribution in [2.45, 2.75) is 31.3 Å². The topological polar surface area (TPSA) is 49.4 Å². The van der Waals surface area contributed by atoms with Crippen LogP contribution in [-0.4, -0.2) is 35.6 Å². The van der Waals surface area contributed by atoms with Crippen LogP contribution in [0.1, 0.15) is 18.1 Å². The molecule has 25 heavy (non-hydrogen) atoms. The monoisotopic (exact) mass is 356 g/mol. The average Bonchev–Trinajstić information content (AvgIpc) is 2.65. The van der Waals surface area contributed by atoms with Gasteiger partial charge in [0.1, 0.15) is 6.04 Å². The zero-order chi connectivity index (χ0) is 18.2. The molecule has 2 aromatic rings. The van der Waals surface area contributed by atoms with Gasteiger partial charge in [-0.1, -0.05) is 48.0 Å². The summed E-state index contributed by atoms with van der Waals surface area (Å²) in [5.41, 5.74) is 2.18. The second-order valence-corrected chi connectivity index (χ2v) is 6.95. The number of benzene rings is 2. The lowest BCUT2D eigenvalue weighted by Gasteiger charge is -2.28. The molecule has 0 fully saturated rings. The highest BCUT2D eigenvalue weighted by Crippen LogP contribution is 2.19. The Morgan fingerprint density at radius 2 is 1.72 bits per heavy atom. The molecule has 0 heterocycles. The Bertz CT molecular complexity index is 701. The predicted octanol–water partition coefficient (Wildman–Crippen LogP) is 3.25. The zero-order valence-electron chi connectivity index (χ0n) is 14.9. The molecule has 5 heteroatoms. The summed E-state index contributed by atoms with van der Waals surface area (Å²) >= 11 is 1.48. The lowest BCUT2D eigenvalue weighted by atomic mass is 10.1. The molecule has 0 aliphatic rings. The molecule has 4 nitrogen and oxygen atoms in total. The summed E-state index contributed by atoms with van der Waals surface area (Å²) in [5.74, 6) is 0.0905. The number of amides is 2. The van der Waals surface area contributed by atoms with Gasteiger partial charge in [0.15, 0.2) is 0 Å². The number of hydrogen-bond donors (Lipinski definition) is 1. The van der Waals surface area contributed by atoms with E-state index in [2.05, 4.69) is 5.32 Å². The van der Waals surface area contributed by atoms with E-state index in [1.165, 1.54) is 17.3 Å². The Balaban J connectivity index is 2.10. The fourth-order valence-electron chi connectivity index (χ4n) is 2.43. The summed E-state index contributed by atoms with van der Waals surface area (Å²) in [6.07, 6.45) is 0. The fourth-order valence-corrected chi connectivity index (χ4v) is 3.23. The smallest absolute Gasteiger partial charge is 0.242 e. The number of aryl methyl sites for hydroxylation is 1. The van der Waals surface area contributed by atoms with Crippen molar-refractivity contribution in [3.05, 3.63) is 65.7 Å². The SMILES string of the molecule is CNC(=O)[C@H](C)N(Cc1ccc(C)cc1)C(=O)CSc1ccccc1. The van der Waals surface area contributed by atoms with Crippen LogP contribution in [0.15, 0.2) is 59.5 Å². The molecule has 0 aliphatic heterocycles. The summed E-state index contributed by atoms with van der Waals surface area (Å²) in [7, 11) is 1.59. The van der Waals surface area contributed by atoms with Gasteiger partial charge >= 0.3 is 0 Å². The minimum atomic E-state index is -0.518. The molecule has 1 atom stereocenters. The molecule has 0 unspecified atom stereocenters. The van der Waals surface area contributed by atoms with Gasteiger partial charge in [-0.2, -0.15) is 0 Å². The van der Waals surface area contributed by atoms with Crippen molar-refractivity contribution < 1.29 is 9.59 Å². The van der Waals surface area contributed by atoms with Crippen LogP contribution in [0.2, 0.25) is 0 Å². The number of nitrogens with one attached hydrogen (secondary N) is 1. The lowest BCUT2D eigenvalue weighted by molar-refractivity contribution is -0.138. The second kappa shape index (κ2) is 9.28. The standard InChI is InChI=1S/C20H24N2O2S/c1-15-9-11-17(12-10-15)13-22(16(2)20(24)21-3)19(23)14-25-18-7-5-4-6-8-18/h4-12,16H,13-14H2,1-3H3,(H,21,24)/t16-/m0/s1. The molecule has 2 amide bonds. The number of hydrogen-bond acceptors (Lipinski definition) is 3. The normalized spacial score (nSPS) is 11.6. The van der Waals surface area contributed by atoms with Crippen LogP contribution in [0.25, 0.3) is 0 Å². The average molecular weight is 356 g/mol. The molecule has 0 aromatic heterocycles. The van der Waals surface area contributed by atoms with Gasteiger partial charge in [0, 0.05) is 18.5 Å². The van der Waals surface area contributed by atoms with E-state index >= 15 is 0 Å². The highest BCUT2D eigenvalue weighted by atomic mass is 32.2. The molecule has 0 spiro atoms. The van der Waals surface area contributed by atoms with Crippen LogP contribution in [-0.2, 0) is 16.1 Å². The maximum atomic E-state index is 12.8. The Hall–Kier alpha value is -2.27. The summed E-state index contributed by atoms with van der Waals surface area (Å²) in [6.45, 7) is 4.21. The number of thioether (sulfide) groups is 1. The van der Waals surface area contributed by atoms with Gasteiger partial charge in [-0.05, 0) is 31.5 Å². The Morgan fingerprint density at radius 1 is 1.08 bits per heavy atom. The molecule has 0 saturated heterocycles. The van der Waals surface area contributed by atoms with Crippen molar-refractivity contribution in [1.29, 1.82) is 0 Å². The largest absolute Gasteiger partial charge is 0.357 e. The van der Waals surface area contributed by atoms with Crippen molar-refractivity contribution >= 4 is 23.6 Å². The van der Waals surface area contributed by atoms with Gasteiger partial charge in [-0.15, -0.1) is 11.8 Å². The quantitative estimate of drug-likeness (QED) is 0.775. The van der Waals surface area contributed by atoms with Crippen LogP contribution in [0.3, 0.4) is 0 Å². The maximum absolute atomic E-state index is 12.8. The fraction of sp³-hybridized carbons (Fsp3) is 0.300. The van der Waals surface area contributed by atoms with Crippen LogP contribution in [0.4, 0.5) is 0 Å².